The van der Waals surface area contributed by atoms with Gasteiger partial charge >= 0.3 is 0 Å². The summed E-state index contributed by atoms with van der Waals surface area (Å²) in [5.74, 6) is 0.941. The molecule has 6 heteroatoms. The van der Waals surface area contributed by atoms with Crippen LogP contribution < -0.4 is 17.0 Å². The molecule has 4 saturated heterocycles. The fourth-order valence-corrected chi connectivity index (χ4v) is 3.67. The molecule has 1 saturated carbocycles. The second kappa shape index (κ2) is 3.99. The summed E-state index contributed by atoms with van der Waals surface area (Å²) in [6.07, 6.45) is 2.30. The Bertz CT molecular complexity index is 309. The minimum absolute atomic E-state index is 0. The highest BCUT2D eigenvalue weighted by atomic mass is 79.9. The average molecular weight is 303 g/mol. The molecule has 0 N–H and O–H groups in total. The molecule has 0 atom stereocenters. The van der Waals surface area contributed by atoms with Gasteiger partial charge in [0.15, 0.2) is 5.78 Å². The molecule has 0 aromatic rings. The maximum atomic E-state index is 12.0. The zero-order valence-corrected chi connectivity index (χ0v) is 11.6. The van der Waals surface area contributed by atoms with Crippen molar-refractivity contribution >= 4 is 5.78 Å². The molecule has 0 aromatic heterocycles. The first-order valence-corrected chi connectivity index (χ1v) is 6.27. The van der Waals surface area contributed by atoms with Crippen LogP contribution in [0.4, 0.5) is 0 Å². The molecule has 1 aliphatic carbocycles. The van der Waals surface area contributed by atoms with E-state index in [-0.39, 0.29) is 17.0 Å². The minimum atomic E-state index is 0. The summed E-state index contributed by atoms with van der Waals surface area (Å²) in [4.78, 5) is 19.4. The highest BCUT2D eigenvalue weighted by Gasteiger charge is 2.50. The summed E-state index contributed by atoms with van der Waals surface area (Å²) in [6.45, 7) is 7.35. The van der Waals surface area contributed by atoms with Gasteiger partial charge in [0.2, 0.25) is 0 Å². The molecule has 5 aliphatic rings. The normalized spacial score (nSPS) is 46.7. The van der Waals surface area contributed by atoms with Gasteiger partial charge in [-0.25, -0.2) is 14.7 Å². The Morgan fingerprint density at radius 2 is 1.47 bits per heavy atom. The predicted molar refractivity (Wildman–Crippen MR) is 57.6 cm³/mol. The molecule has 0 spiro atoms. The van der Waals surface area contributed by atoms with E-state index in [1.54, 1.807) is 0 Å². The summed E-state index contributed by atoms with van der Waals surface area (Å²) in [5, 5.41) is 0. The monoisotopic (exact) mass is 302 g/mol. The first-order chi connectivity index (χ1) is 7.72. The van der Waals surface area contributed by atoms with Gasteiger partial charge in [0, 0.05) is 5.92 Å². The minimum Gasteiger partial charge on any atom is -1.00 e. The first kappa shape index (κ1) is 12.0. The van der Waals surface area contributed by atoms with Crippen molar-refractivity contribution in [2.24, 2.45) is 5.92 Å². The molecule has 5 nitrogen and oxygen atoms in total. The summed E-state index contributed by atoms with van der Waals surface area (Å²) in [6, 6.07) is 0. The van der Waals surface area contributed by atoms with Crippen molar-refractivity contribution in [2.45, 2.75) is 12.8 Å². The number of quaternary nitrogens is 1. The maximum Gasteiger partial charge on any atom is 0.190 e. The molecule has 4 bridgehead atoms. The Morgan fingerprint density at radius 1 is 1.00 bits per heavy atom. The highest BCUT2D eigenvalue weighted by molar-refractivity contribution is 5.84. The highest BCUT2D eigenvalue weighted by Crippen LogP contribution is 2.33. The number of hydrogen-bond acceptors (Lipinski definition) is 4. The van der Waals surface area contributed by atoms with Crippen molar-refractivity contribution < 1.29 is 26.3 Å². The second-order valence-electron chi connectivity index (χ2n) is 6.10. The van der Waals surface area contributed by atoms with Gasteiger partial charge in [-0.1, -0.05) is 0 Å². The number of carbonyl (C=O) groups is 1. The van der Waals surface area contributed by atoms with Crippen LogP contribution in [-0.4, -0.2) is 71.5 Å². The van der Waals surface area contributed by atoms with Crippen molar-refractivity contribution in [1.82, 2.24) is 14.7 Å². The summed E-state index contributed by atoms with van der Waals surface area (Å²) in [7, 11) is 0. The first-order valence-electron chi connectivity index (χ1n) is 6.27. The van der Waals surface area contributed by atoms with Gasteiger partial charge in [0.25, 0.3) is 0 Å². The van der Waals surface area contributed by atoms with Crippen molar-refractivity contribution in [3.05, 3.63) is 0 Å². The van der Waals surface area contributed by atoms with Crippen LogP contribution in [0.25, 0.3) is 0 Å². The van der Waals surface area contributed by atoms with E-state index < -0.39 is 0 Å². The van der Waals surface area contributed by atoms with E-state index in [0.29, 0.717) is 11.7 Å². The fraction of sp³-hybridized carbons (Fsp3) is 0.909. The molecule has 0 unspecified atom stereocenters. The Morgan fingerprint density at radius 3 is 1.88 bits per heavy atom. The molecular weight excluding hydrogens is 284 g/mol. The summed E-state index contributed by atoms with van der Waals surface area (Å²) >= 11 is 0. The van der Waals surface area contributed by atoms with E-state index in [9.17, 15) is 4.79 Å². The molecule has 4 aliphatic heterocycles. The average Bonchev–Trinajstić information content (AvgIpc) is 2.96. The van der Waals surface area contributed by atoms with Crippen LogP contribution in [0.15, 0.2) is 0 Å². The van der Waals surface area contributed by atoms with Crippen molar-refractivity contribution in [1.29, 1.82) is 0 Å². The van der Waals surface area contributed by atoms with E-state index in [1.165, 1.54) is 0 Å². The number of hydrogen-bond donors (Lipinski definition) is 0. The lowest BCUT2D eigenvalue weighted by molar-refractivity contribution is -0.973. The van der Waals surface area contributed by atoms with Crippen LogP contribution in [0.1, 0.15) is 12.8 Å². The third-order valence-corrected chi connectivity index (χ3v) is 4.22. The summed E-state index contributed by atoms with van der Waals surface area (Å²) < 4.78 is 0.981. The Balaban J connectivity index is 0.000000902. The lowest BCUT2D eigenvalue weighted by Gasteiger charge is -2.60. The van der Waals surface area contributed by atoms with Gasteiger partial charge in [-0.3, -0.25) is 9.28 Å². The van der Waals surface area contributed by atoms with E-state index in [1.807, 2.05) is 0 Å². The van der Waals surface area contributed by atoms with E-state index in [2.05, 4.69) is 14.7 Å². The van der Waals surface area contributed by atoms with E-state index in [4.69, 9.17) is 0 Å². The van der Waals surface area contributed by atoms with Gasteiger partial charge in [0.05, 0.1) is 20.0 Å². The van der Waals surface area contributed by atoms with Crippen molar-refractivity contribution in [3.63, 3.8) is 0 Å². The van der Waals surface area contributed by atoms with E-state index >= 15 is 0 Å². The Hall–Kier alpha value is -0.01000. The zero-order chi connectivity index (χ0) is 10.8. The second-order valence-corrected chi connectivity index (χ2v) is 6.10. The number of halogens is 1. The Kier molecular flexibility index (Phi) is 2.83. The molecule has 4 heterocycles. The quantitative estimate of drug-likeness (QED) is 0.505. The van der Waals surface area contributed by atoms with Crippen LogP contribution in [0.3, 0.4) is 0 Å². The number of carbonyl (C=O) groups excluding carboxylic acids is 1. The zero-order valence-electron chi connectivity index (χ0n) is 10.0. The van der Waals surface area contributed by atoms with Crippen LogP contribution >= 0.6 is 0 Å². The number of nitrogens with zero attached hydrogens (tertiary/aromatic N) is 4. The van der Waals surface area contributed by atoms with Gasteiger partial charge in [-0.15, -0.1) is 0 Å². The maximum absolute atomic E-state index is 12.0. The number of ketones is 1. The molecule has 96 valence electrons. The van der Waals surface area contributed by atoms with Crippen molar-refractivity contribution in [2.75, 3.05) is 46.6 Å². The van der Waals surface area contributed by atoms with Gasteiger partial charge < -0.3 is 17.0 Å². The van der Waals surface area contributed by atoms with Gasteiger partial charge in [-0.2, -0.15) is 0 Å². The molecule has 5 rings (SSSR count). The predicted octanol–water partition coefficient (Wildman–Crippen LogP) is -3.52. The largest absolute Gasteiger partial charge is 1.00 e. The molecule has 0 radical (unpaired) electrons. The van der Waals surface area contributed by atoms with Crippen molar-refractivity contribution in [3.8, 4) is 0 Å². The topological polar surface area (TPSA) is 26.8 Å². The summed E-state index contributed by atoms with van der Waals surface area (Å²) in [5.41, 5.74) is 0. The third-order valence-electron chi connectivity index (χ3n) is 4.22. The van der Waals surface area contributed by atoms with Crippen LogP contribution in [0, 0.1) is 5.92 Å². The molecular formula is C11H19BrN4O. The molecule has 0 aromatic carbocycles. The van der Waals surface area contributed by atoms with Crippen LogP contribution in [0.5, 0.6) is 0 Å². The van der Waals surface area contributed by atoms with Gasteiger partial charge in [0.1, 0.15) is 26.6 Å². The van der Waals surface area contributed by atoms with Crippen LogP contribution in [0.2, 0.25) is 0 Å². The number of rotatable bonds is 3. The van der Waals surface area contributed by atoms with Crippen LogP contribution in [-0.2, 0) is 4.79 Å². The Labute approximate surface area is 112 Å². The SMILES string of the molecule is O=C(C[N+]12CN3CN(CN(C3)C1)C2)C1CC1.[Br-]. The molecule has 0 amide bonds. The van der Waals surface area contributed by atoms with Gasteiger partial charge in [-0.05, 0) is 12.8 Å². The lowest BCUT2D eigenvalue weighted by Crippen LogP contribution is -3.00. The lowest BCUT2D eigenvalue weighted by atomic mass is 10.2. The molecule has 17 heavy (non-hydrogen) atoms. The number of Topliss-reactive ketones (excluding diaryl/α,β-unsaturated/α-hetero) is 1. The third kappa shape index (κ3) is 2.06. The standard InChI is InChI=1S/C11H19N4O.BrH/c16-11(10-1-2-10)3-15-7-12-4-13(8-15)6-14(5-12)9-15;/h10H,1-9H2;1H/q+1;/p-1. The molecule has 5 fully saturated rings. The fourth-order valence-electron chi connectivity index (χ4n) is 3.67. The van der Waals surface area contributed by atoms with E-state index in [0.717, 1.165) is 63.9 Å². The smallest absolute Gasteiger partial charge is 0.190 e.